The van der Waals surface area contributed by atoms with Gasteiger partial charge in [-0.05, 0) is 42.8 Å². The van der Waals surface area contributed by atoms with Gasteiger partial charge in [0.05, 0.1) is 28.8 Å². The Hall–Kier alpha value is -3.91. The van der Waals surface area contributed by atoms with Gasteiger partial charge < -0.3 is 4.74 Å². The Labute approximate surface area is 191 Å². The highest BCUT2D eigenvalue weighted by Gasteiger charge is 2.29. The number of hydrogen-bond acceptors (Lipinski definition) is 5. The highest BCUT2D eigenvalue weighted by Crippen LogP contribution is 2.26. The first kappa shape index (κ1) is 22.3. The molecule has 0 fully saturated rings. The largest absolute Gasteiger partial charge is 0.465 e. The van der Waals surface area contributed by atoms with Crippen molar-refractivity contribution in [2.45, 2.75) is 11.8 Å². The molecular formula is C25H22N2O5S. The van der Waals surface area contributed by atoms with Gasteiger partial charge in [0, 0.05) is 11.6 Å². The van der Waals surface area contributed by atoms with Crippen LogP contribution in [0.15, 0.2) is 90.0 Å². The maximum Gasteiger partial charge on any atom is 0.340 e. The summed E-state index contributed by atoms with van der Waals surface area (Å²) in [5, 5.41) is 0.547. The number of hydrogen-bond donors (Lipinski definition) is 0. The highest BCUT2D eigenvalue weighted by atomic mass is 32.2. The minimum Gasteiger partial charge on any atom is -0.465 e. The zero-order valence-corrected chi connectivity index (χ0v) is 19.0. The second-order valence-corrected chi connectivity index (χ2v) is 9.34. The maximum atomic E-state index is 13.5. The van der Waals surface area contributed by atoms with Crippen molar-refractivity contribution in [2.24, 2.45) is 0 Å². The Bertz CT molecular complexity index is 1440. The van der Waals surface area contributed by atoms with E-state index in [9.17, 15) is 18.0 Å². The number of aromatic nitrogens is 1. The lowest BCUT2D eigenvalue weighted by Crippen LogP contribution is -2.37. The van der Waals surface area contributed by atoms with Gasteiger partial charge in [-0.3, -0.25) is 13.7 Å². The van der Waals surface area contributed by atoms with E-state index in [-0.39, 0.29) is 10.5 Å². The van der Waals surface area contributed by atoms with Gasteiger partial charge in [-0.25, -0.2) is 13.2 Å². The van der Waals surface area contributed by atoms with Gasteiger partial charge in [-0.2, -0.15) is 0 Å². The molecule has 0 aliphatic heterocycles. The van der Waals surface area contributed by atoms with Crippen LogP contribution >= 0.6 is 0 Å². The molecule has 8 heteroatoms. The standard InChI is InChI=1S/C25H22N2O5S/c1-18-9-8-10-19(15-18)27(33(30,31)20-11-4-3-5-12-20)17-24(28)26-16-22(25(29)32-2)21-13-6-7-14-23(21)26/h3-16H,17H2,1-2H3. The molecule has 0 aliphatic rings. The molecule has 33 heavy (non-hydrogen) atoms. The van der Waals surface area contributed by atoms with Crippen molar-refractivity contribution in [2.75, 3.05) is 18.0 Å². The number of aryl methyl sites for hydroxylation is 1. The summed E-state index contributed by atoms with van der Waals surface area (Å²) in [7, 11) is -2.77. The molecule has 0 unspecified atom stereocenters. The third kappa shape index (κ3) is 4.25. The van der Waals surface area contributed by atoms with Crippen LogP contribution in [0.4, 0.5) is 5.69 Å². The van der Waals surface area contributed by atoms with E-state index in [4.69, 9.17) is 4.74 Å². The molecule has 0 atom stereocenters. The monoisotopic (exact) mass is 462 g/mol. The summed E-state index contributed by atoms with van der Waals surface area (Å²) in [6, 6.07) is 21.8. The zero-order chi connectivity index (χ0) is 23.6. The van der Waals surface area contributed by atoms with Crippen molar-refractivity contribution < 1.29 is 22.7 Å². The molecule has 0 spiro atoms. The number of methoxy groups -OCH3 is 1. The first-order valence-electron chi connectivity index (χ1n) is 10.2. The molecule has 0 amide bonds. The molecule has 168 valence electrons. The Kier molecular flexibility index (Phi) is 6.02. The van der Waals surface area contributed by atoms with Gasteiger partial charge in [-0.1, -0.05) is 48.5 Å². The molecule has 0 saturated carbocycles. The summed E-state index contributed by atoms with van der Waals surface area (Å²) in [6.45, 7) is 1.39. The second kappa shape index (κ2) is 8.91. The topological polar surface area (TPSA) is 85.7 Å². The van der Waals surface area contributed by atoms with Crippen LogP contribution in [0.25, 0.3) is 10.9 Å². The smallest absolute Gasteiger partial charge is 0.340 e. The first-order chi connectivity index (χ1) is 15.8. The van der Waals surface area contributed by atoms with Crippen molar-refractivity contribution in [3.63, 3.8) is 0 Å². The van der Waals surface area contributed by atoms with Crippen molar-refractivity contribution in [1.82, 2.24) is 4.57 Å². The predicted octanol–water partition coefficient (Wildman–Crippen LogP) is 4.27. The lowest BCUT2D eigenvalue weighted by molar-refractivity contribution is 0.0603. The van der Waals surface area contributed by atoms with Gasteiger partial charge in [0.15, 0.2) is 0 Å². The number of benzene rings is 3. The quantitative estimate of drug-likeness (QED) is 0.400. The van der Waals surface area contributed by atoms with Crippen molar-refractivity contribution in [1.29, 1.82) is 0 Å². The third-order valence-corrected chi connectivity index (χ3v) is 7.07. The number of ether oxygens (including phenoxy) is 1. The van der Waals surface area contributed by atoms with Crippen LogP contribution in [0, 0.1) is 6.92 Å². The van der Waals surface area contributed by atoms with Crippen LogP contribution in [-0.2, 0) is 14.8 Å². The van der Waals surface area contributed by atoms with Crippen molar-refractivity contribution >= 4 is 38.5 Å². The summed E-state index contributed by atoms with van der Waals surface area (Å²) in [5.41, 5.74) is 1.95. The van der Waals surface area contributed by atoms with E-state index in [1.54, 1.807) is 60.7 Å². The number of carbonyl (C=O) groups excluding carboxylic acids is 2. The fraction of sp³-hybridized carbons (Fsp3) is 0.120. The lowest BCUT2D eigenvalue weighted by atomic mass is 10.2. The third-order valence-electron chi connectivity index (χ3n) is 5.29. The van der Waals surface area contributed by atoms with E-state index in [2.05, 4.69) is 0 Å². The molecule has 1 aromatic heterocycles. The number of carbonyl (C=O) groups is 2. The van der Waals surface area contributed by atoms with Crippen molar-refractivity contribution in [3.05, 3.63) is 96.2 Å². The molecule has 1 heterocycles. The molecule has 4 rings (SSSR count). The van der Waals surface area contributed by atoms with E-state index < -0.39 is 28.4 Å². The molecule has 7 nitrogen and oxygen atoms in total. The summed E-state index contributed by atoms with van der Waals surface area (Å²) >= 11 is 0. The number of sulfonamides is 1. The predicted molar refractivity (Wildman–Crippen MR) is 126 cm³/mol. The van der Waals surface area contributed by atoms with Gasteiger partial charge >= 0.3 is 5.97 Å². The second-order valence-electron chi connectivity index (χ2n) is 7.48. The molecule has 0 saturated heterocycles. The minimum absolute atomic E-state index is 0.0759. The fourth-order valence-corrected chi connectivity index (χ4v) is 5.10. The maximum absolute atomic E-state index is 13.5. The molecule has 4 aromatic rings. The van der Waals surface area contributed by atoms with Crippen LogP contribution in [0.1, 0.15) is 20.7 Å². The number of nitrogens with zero attached hydrogens (tertiary/aromatic N) is 2. The van der Waals surface area contributed by atoms with E-state index in [1.165, 1.54) is 30.0 Å². The number of fused-ring (bicyclic) bond motifs is 1. The van der Waals surface area contributed by atoms with Crippen LogP contribution in [0.3, 0.4) is 0 Å². The average molecular weight is 463 g/mol. The van der Waals surface area contributed by atoms with Crippen LogP contribution in [0.2, 0.25) is 0 Å². The van der Waals surface area contributed by atoms with Crippen LogP contribution in [0.5, 0.6) is 0 Å². The van der Waals surface area contributed by atoms with Crippen molar-refractivity contribution in [3.8, 4) is 0 Å². The van der Waals surface area contributed by atoms with Gasteiger partial charge in [0.2, 0.25) is 0 Å². The summed E-state index contributed by atoms with van der Waals surface area (Å²) < 4.78 is 34.3. The van der Waals surface area contributed by atoms with E-state index in [1.807, 2.05) is 13.0 Å². The summed E-state index contributed by atoms with van der Waals surface area (Å²) in [6.07, 6.45) is 1.39. The normalized spacial score (nSPS) is 11.3. The first-order valence-corrected chi connectivity index (χ1v) is 11.6. The summed E-state index contributed by atoms with van der Waals surface area (Å²) in [5.74, 6) is -1.09. The molecule has 3 aromatic carbocycles. The van der Waals surface area contributed by atoms with Crippen LogP contribution < -0.4 is 4.31 Å². The zero-order valence-electron chi connectivity index (χ0n) is 18.1. The molecule has 0 N–H and O–H groups in total. The average Bonchev–Trinajstić information content (AvgIpc) is 3.22. The Balaban J connectivity index is 1.81. The fourth-order valence-electron chi connectivity index (χ4n) is 3.68. The van der Waals surface area contributed by atoms with E-state index >= 15 is 0 Å². The van der Waals surface area contributed by atoms with E-state index in [0.29, 0.717) is 16.6 Å². The van der Waals surface area contributed by atoms with Gasteiger partial charge in [0.1, 0.15) is 6.54 Å². The van der Waals surface area contributed by atoms with Gasteiger partial charge in [-0.15, -0.1) is 0 Å². The van der Waals surface area contributed by atoms with E-state index in [0.717, 1.165) is 9.87 Å². The molecule has 0 bridgehead atoms. The Morgan fingerprint density at radius 1 is 0.939 bits per heavy atom. The Morgan fingerprint density at radius 2 is 1.64 bits per heavy atom. The number of esters is 1. The Morgan fingerprint density at radius 3 is 2.33 bits per heavy atom. The number of anilines is 1. The van der Waals surface area contributed by atoms with Crippen LogP contribution in [-0.4, -0.2) is 38.5 Å². The highest BCUT2D eigenvalue weighted by molar-refractivity contribution is 7.92. The molecule has 0 aliphatic carbocycles. The molecule has 0 radical (unpaired) electrons. The number of rotatable bonds is 6. The lowest BCUT2D eigenvalue weighted by Gasteiger charge is -2.24. The SMILES string of the molecule is COC(=O)c1cn(C(=O)CN(c2cccc(C)c2)S(=O)(=O)c2ccccc2)c2ccccc12. The minimum atomic E-state index is -4.03. The number of para-hydroxylation sites is 1. The molecular weight excluding hydrogens is 440 g/mol. The van der Waals surface area contributed by atoms with Gasteiger partial charge in [0.25, 0.3) is 15.9 Å². The summed E-state index contributed by atoms with van der Waals surface area (Å²) in [4.78, 5) is 25.7.